The Labute approximate surface area is 143 Å². The van der Waals surface area contributed by atoms with Gasteiger partial charge in [-0.2, -0.15) is 0 Å². The van der Waals surface area contributed by atoms with Crippen LogP contribution in [0.1, 0.15) is 63.4 Å². The zero-order valence-corrected chi connectivity index (χ0v) is 15.1. The van der Waals surface area contributed by atoms with Gasteiger partial charge in [0.25, 0.3) is 0 Å². The van der Waals surface area contributed by atoms with E-state index in [4.69, 9.17) is 0 Å². The number of hydrogen-bond acceptors (Lipinski definition) is 1. The van der Waals surface area contributed by atoms with E-state index in [0.717, 1.165) is 11.0 Å². The summed E-state index contributed by atoms with van der Waals surface area (Å²) in [6.07, 6.45) is 15.3. The molecule has 0 spiro atoms. The molecule has 0 aliphatic heterocycles. The van der Waals surface area contributed by atoms with E-state index < -0.39 is 0 Å². The molecule has 0 N–H and O–H groups in total. The quantitative estimate of drug-likeness (QED) is 0.461. The topological polar surface area (TPSA) is 17.8 Å². The summed E-state index contributed by atoms with van der Waals surface area (Å²) in [5.74, 6) is 0.577. The molecular weight excluding hydrogens is 336 g/mol. The van der Waals surface area contributed by atoms with Crippen molar-refractivity contribution in [3.63, 3.8) is 0 Å². The lowest BCUT2D eigenvalue weighted by Crippen LogP contribution is -2.08. The Hall–Kier alpha value is -1.09. The van der Waals surface area contributed by atoms with Crippen molar-refractivity contribution in [2.45, 2.75) is 64.3 Å². The summed E-state index contributed by atoms with van der Waals surface area (Å²) in [7, 11) is 0. The predicted octanol–water partition coefficient (Wildman–Crippen LogP) is 6.18. The molecule has 0 bridgehead atoms. The van der Waals surface area contributed by atoms with Crippen molar-refractivity contribution in [1.82, 2.24) is 9.55 Å². The summed E-state index contributed by atoms with van der Waals surface area (Å²) in [6.45, 7) is 3.30. The Kier molecular flexibility index (Phi) is 7.72. The van der Waals surface area contributed by atoms with Crippen molar-refractivity contribution in [2.24, 2.45) is 0 Å². The molecule has 1 heterocycles. The summed E-state index contributed by atoms with van der Waals surface area (Å²) in [6, 6.07) is 8.81. The third-order valence-electron chi connectivity index (χ3n) is 4.24. The molecule has 120 valence electrons. The molecule has 0 fully saturated rings. The highest BCUT2D eigenvalue weighted by Gasteiger charge is 2.12. The number of benzene rings is 1. The van der Waals surface area contributed by atoms with Crippen LogP contribution in [0.4, 0.5) is 0 Å². The molecule has 2 rings (SSSR count). The molecule has 0 aliphatic carbocycles. The number of halogens is 1. The van der Waals surface area contributed by atoms with E-state index in [9.17, 15) is 0 Å². The molecule has 2 nitrogen and oxygen atoms in total. The third kappa shape index (κ3) is 5.96. The highest BCUT2D eigenvalue weighted by molar-refractivity contribution is 9.10. The lowest BCUT2D eigenvalue weighted by atomic mass is 9.92. The zero-order valence-electron chi connectivity index (χ0n) is 13.5. The predicted molar refractivity (Wildman–Crippen MR) is 97.1 cm³/mol. The maximum atomic E-state index is 4.17. The van der Waals surface area contributed by atoms with Crippen LogP contribution in [0.5, 0.6) is 0 Å². The van der Waals surface area contributed by atoms with Crippen LogP contribution in [0.25, 0.3) is 0 Å². The van der Waals surface area contributed by atoms with E-state index in [0.29, 0.717) is 5.92 Å². The summed E-state index contributed by atoms with van der Waals surface area (Å²) >= 11 is 3.53. The van der Waals surface area contributed by atoms with Gasteiger partial charge in [-0.3, -0.25) is 0 Å². The van der Waals surface area contributed by atoms with Crippen molar-refractivity contribution in [3.05, 3.63) is 53.0 Å². The van der Waals surface area contributed by atoms with E-state index in [1.165, 1.54) is 50.5 Å². The molecule has 0 aliphatic rings. The number of rotatable bonds is 10. The lowest BCUT2D eigenvalue weighted by Gasteiger charge is -2.18. The van der Waals surface area contributed by atoms with Gasteiger partial charge in [0.2, 0.25) is 0 Å². The Morgan fingerprint density at radius 2 is 1.77 bits per heavy atom. The number of hydrogen-bond donors (Lipinski definition) is 0. The second-order valence-electron chi connectivity index (χ2n) is 6.06. The average molecular weight is 363 g/mol. The lowest BCUT2D eigenvalue weighted by molar-refractivity contribution is 0.486. The van der Waals surface area contributed by atoms with Crippen LogP contribution in [0.2, 0.25) is 0 Å². The zero-order chi connectivity index (χ0) is 15.6. The minimum atomic E-state index is 0.577. The Morgan fingerprint density at radius 1 is 1.05 bits per heavy atom. The molecule has 0 radical (unpaired) electrons. The minimum Gasteiger partial charge on any atom is -0.337 e. The highest BCUT2D eigenvalue weighted by Crippen LogP contribution is 2.26. The molecule has 3 heteroatoms. The summed E-state index contributed by atoms with van der Waals surface area (Å²) in [5.41, 5.74) is 1.44. The smallest absolute Gasteiger partial charge is 0.0946 e. The van der Waals surface area contributed by atoms with Crippen molar-refractivity contribution in [2.75, 3.05) is 0 Å². The summed E-state index contributed by atoms with van der Waals surface area (Å²) in [4.78, 5) is 4.17. The molecule has 1 aromatic heterocycles. The van der Waals surface area contributed by atoms with Gasteiger partial charge in [-0.05, 0) is 24.1 Å². The van der Waals surface area contributed by atoms with Gasteiger partial charge in [0.1, 0.15) is 0 Å². The normalized spacial score (nSPS) is 12.5. The first kappa shape index (κ1) is 17.3. The van der Waals surface area contributed by atoms with E-state index in [2.05, 4.69) is 62.9 Å². The van der Waals surface area contributed by atoms with Gasteiger partial charge in [0.15, 0.2) is 0 Å². The molecular formula is C19H27BrN2. The van der Waals surface area contributed by atoms with Crippen LogP contribution >= 0.6 is 15.9 Å². The van der Waals surface area contributed by atoms with Gasteiger partial charge in [-0.25, -0.2) is 4.98 Å². The van der Waals surface area contributed by atoms with E-state index >= 15 is 0 Å². The fourth-order valence-corrected chi connectivity index (χ4v) is 3.18. The molecule has 1 aromatic carbocycles. The summed E-state index contributed by atoms with van der Waals surface area (Å²) < 4.78 is 3.35. The maximum absolute atomic E-state index is 4.17. The summed E-state index contributed by atoms with van der Waals surface area (Å²) in [5, 5.41) is 0. The van der Waals surface area contributed by atoms with Crippen molar-refractivity contribution in [3.8, 4) is 0 Å². The Morgan fingerprint density at radius 3 is 2.45 bits per heavy atom. The average Bonchev–Trinajstić information content (AvgIpc) is 3.03. The van der Waals surface area contributed by atoms with Gasteiger partial charge in [0, 0.05) is 29.3 Å². The third-order valence-corrected chi connectivity index (χ3v) is 4.77. The van der Waals surface area contributed by atoms with Crippen LogP contribution < -0.4 is 0 Å². The number of unbranched alkanes of at least 4 members (excludes halogenated alkanes) is 5. The Balaban J connectivity index is 1.88. The first-order valence-electron chi connectivity index (χ1n) is 8.50. The van der Waals surface area contributed by atoms with Crippen LogP contribution in [-0.4, -0.2) is 9.55 Å². The van der Waals surface area contributed by atoms with Crippen LogP contribution in [-0.2, 0) is 6.54 Å². The first-order chi connectivity index (χ1) is 10.8. The van der Waals surface area contributed by atoms with Gasteiger partial charge < -0.3 is 4.57 Å². The number of imidazole rings is 1. The molecule has 1 unspecified atom stereocenters. The largest absolute Gasteiger partial charge is 0.337 e. The standard InChI is InChI=1S/C19H27BrN2/c1-2-3-4-5-6-7-8-18(15-22-14-13-21-16-22)17-9-11-19(20)12-10-17/h9-14,16,18H,2-8,15H2,1H3. The molecule has 2 aromatic rings. The van der Waals surface area contributed by atoms with Crippen molar-refractivity contribution in [1.29, 1.82) is 0 Å². The molecule has 0 saturated carbocycles. The van der Waals surface area contributed by atoms with E-state index in [1.807, 2.05) is 12.5 Å². The molecule has 22 heavy (non-hydrogen) atoms. The van der Waals surface area contributed by atoms with Gasteiger partial charge in [-0.1, -0.05) is 73.5 Å². The minimum absolute atomic E-state index is 0.577. The molecule has 0 saturated heterocycles. The SMILES string of the molecule is CCCCCCCCC(Cn1ccnc1)c1ccc(Br)cc1. The van der Waals surface area contributed by atoms with Crippen LogP contribution in [0.3, 0.4) is 0 Å². The van der Waals surface area contributed by atoms with Gasteiger partial charge >= 0.3 is 0 Å². The van der Waals surface area contributed by atoms with Crippen LogP contribution in [0.15, 0.2) is 47.5 Å². The molecule has 1 atom stereocenters. The maximum Gasteiger partial charge on any atom is 0.0946 e. The second-order valence-corrected chi connectivity index (χ2v) is 6.98. The van der Waals surface area contributed by atoms with Crippen molar-refractivity contribution < 1.29 is 0 Å². The van der Waals surface area contributed by atoms with Gasteiger partial charge in [0.05, 0.1) is 6.33 Å². The van der Waals surface area contributed by atoms with Gasteiger partial charge in [-0.15, -0.1) is 0 Å². The van der Waals surface area contributed by atoms with Crippen LogP contribution in [0, 0.1) is 0 Å². The number of aromatic nitrogens is 2. The van der Waals surface area contributed by atoms with Crippen molar-refractivity contribution >= 4 is 15.9 Å². The van der Waals surface area contributed by atoms with E-state index in [-0.39, 0.29) is 0 Å². The Bertz CT molecular complexity index is 505. The number of nitrogens with zero attached hydrogens (tertiary/aromatic N) is 2. The first-order valence-corrected chi connectivity index (χ1v) is 9.30. The monoisotopic (exact) mass is 362 g/mol. The second kappa shape index (κ2) is 9.83. The van der Waals surface area contributed by atoms with E-state index in [1.54, 1.807) is 0 Å². The molecule has 0 amide bonds. The fourth-order valence-electron chi connectivity index (χ4n) is 2.92. The highest BCUT2D eigenvalue weighted by atomic mass is 79.9. The fraction of sp³-hybridized carbons (Fsp3) is 0.526.